The van der Waals surface area contributed by atoms with E-state index in [1.54, 1.807) is 0 Å². The number of rotatable bonds is 2. The molecule has 0 unspecified atom stereocenters. The van der Waals surface area contributed by atoms with Gasteiger partial charge >= 0.3 is 0 Å². The third-order valence-corrected chi connectivity index (χ3v) is 4.26. The van der Waals surface area contributed by atoms with Gasteiger partial charge in [-0.3, -0.25) is 0 Å². The van der Waals surface area contributed by atoms with E-state index in [9.17, 15) is 0 Å². The Morgan fingerprint density at radius 1 is 0.913 bits per heavy atom. The summed E-state index contributed by atoms with van der Waals surface area (Å²) in [6.07, 6.45) is 1.89. The van der Waals surface area contributed by atoms with Gasteiger partial charge in [0.1, 0.15) is 0 Å². The Morgan fingerprint density at radius 3 is 2.09 bits per heavy atom. The van der Waals surface area contributed by atoms with Crippen molar-refractivity contribution in [1.82, 2.24) is 5.16 Å². The summed E-state index contributed by atoms with van der Waals surface area (Å²) < 4.78 is 5.29. The molecule has 0 amide bonds. The van der Waals surface area contributed by atoms with Gasteiger partial charge in [-0.05, 0) is 41.5 Å². The number of aryl methyl sites for hydroxylation is 1. The fourth-order valence-electron chi connectivity index (χ4n) is 2.83. The fraction of sp³-hybridized carbons (Fsp3) is 0.100. The van der Waals surface area contributed by atoms with Crippen LogP contribution in [0.25, 0.3) is 21.5 Å². The molecule has 0 bridgehead atoms. The topological polar surface area (TPSA) is 38.4 Å². The second-order valence-electron chi connectivity index (χ2n) is 5.69. The summed E-state index contributed by atoms with van der Waals surface area (Å²) in [4.78, 5) is 4.54. The van der Waals surface area contributed by atoms with Gasteiger partial charge in [0.25, 0.3) is 5.88 Å². The molecule has 3 aromatic carbocycles. The second-order valence-corrected chi connectivity index (χ2v) is 5.69. The maximum Gasteiger partial charge on any atom is 0.253 e. The van der Waals surface area contributed by atoms with Gasteiger partial charge in [-0.1, -0.05) is 53.7 Å². The van der Waals surface area contributed by atoms with Gasteiger partial charge in [-0.25, -0.2) is 4.99 Å². The van der Waals surface area contributed by atoms with Crippen molar-refractivity contribution < 1.29 is 4.52 Å². The molecule has 1 heterocycles. The minimum atomic E-state index is 0.569. The maximum atomic E-state index is 5.29. The highest BCUT2D eigenvalue weighted by molar-refractivity contribution is 6.13. The number of hydrogen-bond donors (Lipinski definition) is 0. The molecular formula is C20H16N2O. The quantitative estimate of drug-likeness (QED) is 0.370. The molecule has 0 radical (unpaired) electrons. The molecule has 3 heteroatoms. The van der Waals surface area contributed by atoms with Crippen molar-refractivity contribution in [3.05, 3.63) is 71.4 Å². The molecule has 4 aromatic rings. The van der Waals surface area contributed by atoms with E-state index in [0.717, 1.165) is 16.8 Å². The number of aromatic nitrogens is 1. The van der Waals surface area contributed by atoms with Gasteiger partial charge in [0.2, 0.25) is 0 Å². The Hall–Kier alpha value is -2.94. The lowest BCUT2D eigenvalue weighted by atomic mass is 9.97. The number of nitrogens with zero attached hydrogens (tertiary/aromatic N) is 2. The highest BCUT2D eigenvalue weighted by Crippen LogP contribution is 2.28. The summed E-state index contributed by atoms with van der Waals surface area (Å²) in [6, 6.07) is 18.9. The summed E-state index contributed by atoms with van der Waals surface area (Å²) in [7, 11) is 0. The van der Waals surface area contributed by atoms with Gasteiger partial charge in [0.15, 0.2) is 0 Å². The van der Waals surface area contributed by atoms with Crippen LogP contribution < -0.4 is 0 Å². The Morgan fingerprint density at radius 2 is 1.52 bits per heavy atom. The largest absolute Gasteiger partial charge is 0.336 e. The van der Waals surface area contributed by atoms with Gasteiger partial charge in [-0.15, -0.1) is 0 Å². The van der Waals surface area contributed by atoms with Crippen LogP contribution >= 0.6 is 0 Å². The van der Waals surface area contributed by atoms with Crippen LogP contribution in [-0.2, 0) is 0 Å². The van der Waals surface area contributed by atoms with Crippen LogP contribution in [-0.4, -0.2) is 11.4 Å². The zero-order valence-corrected chi connectivity index (χ0v) is 13.1. The van der Waals surface area contributed by atoms with Crippen molar-refractivity contribution in [2.45, 2.75) is 13.8 Å². The monoisotopic (exact) mass is 300 g/mol. The summed E-state index contributed by atoms with van der Waals surface area (Å²) in [5.74, 6) is 0.569. The molecule has 0 spiro atoms. The molecule has 0 saturated carbocycles. The Bertz CT molecular complexity index is 990. The van der Waals surface area contributed by atoms with E-state index in [-0.39, 0.29) is 0 Å². The summed E-state index contributed by atoms with van der Waals surface area (Å²) in [5.41, 5.74) is 2.96. The maximum absolute atomic E-state index is 5.29. The fourth-order valence-corrected chi connectivity index (χ4v) is 2.83. The van der Waals surface area contributed by atoms with Crippen molar-refractivity contribution in [2.75, 3.05) is 0 Å². The minimum absolute atomic E-state index is 0.569. The van der Waals surface area contributed by atoms with E-state index in [2.05, 4.69) is 64.7 Å². The number of fused-ring (bicyclic) bond motifs is 2. The van der Waals surface area contributed by atoms with E-state index < -0.39 is 0 Å². The zero-order valence-electron chi connectivity index (χ0n) is 13.1. The average Bonchev–Trinajstić information content (AvgIpc) is 2.90. The third-order valence-electron chi connectivity index (χ3n) is 4.26. The summed E-state index contributed by atoms with van der Waals surface area (Å²) in [5, 5.41) is 8.75. The van der Waals surface area contributed by atoms with E-state index >= 15 is 0 Å². The first-order valence-electron chi connectivity index (χ1n) is 7.61. The van der Waals surface area contributed by atoms with Crippen molar-refractivity contribution in [1.29, 1.82) is 0 Å². The smallest absolute Gasteiger partial charge is 0.253 e. The van der Waals surface area contributed by atoms with E-state index in [1.807, 2.05) is 20.1 Å². The molecule has 0 aliphatic heterocycles. The molecule has 0 saturated heterocycles. The molecule has 0 N–H and O–H groups in total. The van der Waals surface area contributed by atoms with Gasteiger partial charge in [0, 0.05) is 17.3 Å². The molecule has 0 atom stereocenters. The molecule has 4 rings (SSSR count). The van der Waals surface area contributed by atoms with Crippen LogP contribution in [0.1, 0.15) is 16.8 Å². The Labute approximate surface area is 134 Å². The second kappa shape index (κ2) is 5.36. The van der Waals surface area contributed by atoms with Crippen LogP contribution in [0.15, 0.2) is 64.1 Å². The molecule has 0 aliphatic carbocycles. The molecule has 23 heavy (non-hydrogen) atoms. The number of hydrogen-bond acceptors (Lipinski definition) is 3. The normalized spacial score (nSPS) is 11.7. The number of aliphatic imine (C=N–C) groups is 1. The molecule has 3 nitrogen and oxygen atoms in total. The van der Waals surface area contributed by atoms with Crippen LogP contribution in [0.4, 0.5) is 5.88 Å². The average molecular weight is 300 g/mol. The predicted octanol–water partition coefficient (Wildman–Crippen LogP) is 5.35. The van der Waals surface area contributed by atoms with Crippen LogP contribution in [0.3, 0.4) is 0 Å². The van der Waals surface area contributed by atoms with Crippen LogP contribution in [0.2, 0.25) is 0 Å². The van der Waals surface area contributed by atoms with E-state index in [1.165, 1.54) is 21.5 Å². The van der Waals surface area contributed by atoms with Crippen LogP contribution in [0, 0.1) is 13.8 Å². The first-order valence-corrected chi connectivity index (χ1v) is 7.61. The van der Waals surface area contributed by atoms with Gasteiger partial charge < -0.3 is 4.52 Å². The van der Waals surface area contributed by atoms with Gasteiger partial charge in [-0.2, -0.15) is 0 Å². The van der Waals surface area contributed by atoms with Crippen LogP contribution in [0.5, 0.6) is 0 Å². The first kappa shape index (κ1) is 13.7. The standard InChI is InChI=1S/C20H16N2O/c1-13-14(2)22-23-20(13)21-12-19-17-9-5-3-7-15(17)11-16-8-4-6-10-18(16)19/h3-12H,1-2H3/b21-12+. The highest BCUT2D eigenvalue weighted by Gasteiger charge is 2.08. The SMILES string of the molecule is Cc1noc(/N=C/c2c3ccccc3cc3ccccc23)c1C. The van der Waals surface area contributed by atoms with Crippen molar-refractivity contribution in [2.24, 2.45) is 4.99 Å². The lowest BCUT2D eigenvalue weighted by Crippen LogP contribution is -1.88. The molecule has 112 valence electrons. The highest BCUT2D eigenvalue weighted by atomic mass is 16.5. The third kappa shape index (κ3) is 2.30. The van der Waals surface area contributed by atoms with E-state index in [0.29, 0.717) is 5.88 Å². The zero-order chi connectivity index (χ0) is 15.8. The van der Waals surface area contributed by atoms with Gasteiger partial charge in [0.05, 0.1) is 5.69 Å². The Kier molecular flexibility index (Phi) is 3.19. The predicted molar refractivity (Wildman–Crippen MR) is 94.7 cm³/mol. The van der Waals surface area contributed by atoms with Crippen molar-refractivity contribution in [3.63, 3.8) is 0 Å². The summed E-state index contributed by atoms with van der Waals surface area (Å²) in [6.45, 7) is 3.89. The molecule has 0 aliphatic rings. The molecule has 0 fully saturated rings. The number of benzene rings is 3. The molecular weight excluding hydrogens is 284 g/mol. The lowest BCUT2D eigenvalue weighted by Gasteiger charge is -2.07. The lowest BCUT2D eigenvalue weighted by molar-refractivity contribution is 0.425. The Balaban J connectivity index is 1.97. The minimum Gasteiger partial charge on any atom is -0.336 e. The molecule has 1 aromatic heterocycles. The first-order chi connectivity index (χ1) is 11.2. The van der Waals surface area contributed by atoms with Crippen molar-refractivity contribution in [3.8, 4) is 0 Å². The summed E-state index contributed by atoms with van der Waals surface area (Å²) >= 11 is 0. The van der Waals surface area contributed by atoms with Crippen molar-refractivity contribution >= 4 is 33.6 Å². The van der Waals surface area contributed by atoms with E-state index in [4.69, 9.17) is 4.52 Å².